The van der Waals surface area contributed by atoms with Gasteiger partial charge in [-0.1, -0.05) is 18.2 Å². The lowest BCUT2D eigenvalue weighted by Crippen LogP contribution is -2.05. The SMILES string of the molecule is Cc1nn(C)cc1NC(C)c1cc2ccccc2o1. The number of hydrogen-bond donors (Lipinski definition) is 1. The quantitative estimate of drug-likeness (QED) is 0.776. The maximum atomic E-state index is 5.86. The minimum Gasteiger partial charge on any atom is -0.459 e. The molecule has 0 saturated heterocycles. The third-order valence-electron chi connectivity index (χ3n) is 3.26. The van der Waals surface area contributed by atoms with Crippen LogP contribution in [-0.2, 0) is 7.05 Å². The predicted molar refractivity (Wildman–Crippen MR) is 76.2 cm³/mol. The van der Waals surface area contributed by atoms with Gasteiger partial charge in [0.05, 0.1) is 17.4 Å². The average Bonchev–Trinajstić information content (AvgIpc) is 2.93. The summed E-state index contributed by atoms with van der Waals surface area (Å²) in [5.74, 6) is 0.935. The standard InChI is InChI=1S/C15H17N3O/c1-10-13(9-18(3)17-10)16-11(2)15-8-12-6-4-5-7-14(12)19-15/h4-9,11,16H,1-3H3. The fourth-order valence-electron chi connectivity index (χ4n) is 2.26. The van der Waals surface area contributed by atoms with Gasteiger partial charge in [-0.2, -0.15) is 5.10 Å². The van der Waals surface area contributed by atoms with E-state index < -0.39 is 0 Å². The highest BCUT2D eigenvalue weighted by Crippen LogP contribution is 2.26. The zero-order valence-electron chi connectivity index (χ0n) is 11.3. The smallest absolute Gasteiger partial charge is 0.134 e. The van der Waals surface area contributed by atoms with Crippen LogP contribution in [0.2, 0.25) is 0 Å². The predicted octanol–water partition coefficient (Wildman–Crippen LogP) is 3.65. The second-order valence-electron chi connectivity index (χ2n) is 4.85. The molecule has 1 aromatic carbocycles. The van der Waals surface area contributed by atoms with E-state index in [1.54, 1.807) is 0 Å². The van der Waals surface area contributed by atoms with Gasteiger partial charge in [-0.15, -0.1) is 0 Å². The van der Waals surface area contributed by atoms with Gasteiger partial charge in [0.2, 0.25) is 0 Å². The van der Waals surface area contributed by atoms with Crippen molar-refractivity contribution < 1.29 is 4.42 Å². The summed E-state index contributed by atoms with van der Waals surface area (Å²) in [6.07, 6.45) is 1.98. The van der Waals surface area contributed by atoms with Crippen molar-refractivity contribution in [2.75, 3.05) is 5.32 Å². The minimum absolute atomic E-state index is 0.107. The summed E-state index contributed by atoms with van der Waals surface area (Å²) >= 11 is 0. The molecule has 0 fully saturated rings. The van der Waals surface area contributed by atoms with E-state index >= 15 is 0 Å². The zero-order valence-corrected chi connectivity index (χ0v) is 11.3. The largest absolute Gasteiger partial charge is 0.459 e. The number of nitrogens with zero attached hydrogens (tertiary/aromatic N) is 2. The molecule has 1 atom stereocenters. The number of fused-ring (bicyclic) bond motifs is 1. The van der Waals surface area contributed by atoms with E-state index in [0.29, 0.717) is 0 Å². The lowest BCUT2D eigenvalue weighted by Gasteiger charge is -2.11. The molecule has 3 aromatic rings. The van der Waals surface area contributed by atoms with E-state index in [1.807, 2.05) is 43.0 Å². The summed E-state index contributed by atoms with van der Waals surface area (Å²) in [7, 11) is 1.92. The molecule has 0 aliphatic carbocycles. The number of rotatable bonds is 3. The average molecular weight is 255 g/mol. The lowest BCUT2D eigenvalue weighted by molar-refractivity contribution is 0.526. The van der Waals surface area contributed by atoms with Crippen LogP contribution in [0.25, 0.3) is 11.0 Å². The van der Waals surface area contributed by atoms with Crippen molar-refractivity contribution in [3.05, 3.63) is 48.0 Å². The summed E-state index contributed by atoms with van der Waals surface area (Å²) < 4.78 is 7.67. The van der Waals surface area contributed by atoms with Crippen molar-refractivity contribution in [2.24, 2.45) is 7.05 Å². The van der Waals surface area contributed by atoms with Gasteiger partial charge in [-0.25, -0.2) is 0 Å². The molecule has 1 N–H and O–H groups in total. The first-order chi connectivity index (χ1) is 9.13. The number of aromatic nitrogens is 2. The molecule has 0 aliphatic heterocycles. The Morgan fingerprint density at radius 3 is 2.79 bits per heavy atom. The Hall–Kier alpha value is -2.23. The maximum Gasteiger partial charge on any atom is 0.134 e. The molecule has 19 heavy (non-hydrogen) atoms. The van der Waals surface area contributed by atoms with Crippen LogP contribution in [0.5, 0.6) is 0 Å². The first kappa shape index (κ1) is 11.8. The minimum atomic E-state index is 0.107. The third kappa shape index (κ3) is 2.21. The van der Waals surface area contributed by atoms with Gasteiger partial charge in [0.15, 0.2) is 0 Å². The summed E-state index contributed by atoms with van der Waals surface area (Å²) in [5, 5.41) is 8.89. The highest BCUT2D eigenvalue weighted by atomic mass is 16.3. The van der Waals surface area contributed by atoms with E-state index in [-0.39, 0.29) is 6.04 Å². The first-order valence-electron chi connectivity index (χ1n) is 6.39. The van der Waals surface area contributed by atoms with E-state index in [2.05, 4.69) is 29.5 Å². The molecule has 2 heterocycles. The Morgan fingerprint density at radius 2 is 2.11 bits per heavy atom. The van der Waals surface area contributed by atoms with E-state index in [0.717, 1.165) is 28.1 Å². The fraction of sp³-hybridized carbons (Fsp3) is 0.267. The summed E-state index contributed by atoms with van der Waals surface area (Å²) in [6.45, 7) is 4.08. The Balaban J connectivity index is 1.87. The molecule has 0 radical (unpaired) electrons. The molecule has 1 unspecified atom stereocenters. The van der Waals surface area contributed by atoms with Crippen LogP contribution in [0, 0.1) is 6.92 Å². The van der Waals surface area contributed by atoms with Gasteiger partial charge in [0, 0.05) is 18.6 Å². The van der Waals surface area contributed by atoms with Crippen LogP contribution in [0.15, 0.2) is 40.9 Å². The molecule has 2 aromatic heterocycles. The van der Waals surface area contributed by atoms with E-state index in [4.69, 9.17) is 4.42 Å². The summed E-state index contributed by atoms with van der Waals surface area (Å²) in [6, 6.07) is 10.2. The number of hydrogen-bond acceptors (Lipinski definition) is 3. The van der Waals surface area contributed by atoms with Crippen molar-refractivity contribution >= 4 is 16.7 Å². The second kappa shape index (κ2) is 4.46. The van der Waals surface area contributed by atoms with Crippen LogP contribution in [-0.4, -0.2) is 9.78 Å². The third-order valence-corrected chi connectivity index (χ3v) is 3.26. The molecule has 0 spiro atoms. The molecule has 0 aliphatic rings. The number of furan rings is 1. The van der Waals surface area contributed by atoms with Gasteiger partial charge in [0.1, 0.15) is 11.3 Å². The molecular formula is C15H17N3O. The number of anilines is 1. The molecule has 0 saturated carbocycles. The van der Waals surface area contributed by atoms with Crippen molar-refractivity contribution in [3.8, 4) is 0 Å². The van der Waals surface area contributed by atoms with Crippen molar-refractivity contribution in [3.63, 3.8) is 0 Å². The fourth-order valence-corrected chi connectivity index (χ4v) is 2.26. The van der Waals surface area contributed by atoms with Crippen LogP contribution in [0.4, 0.5) is 5.69 Å². The highest BCUT2D eigenvalue weighted by molar-refractivity contribution is 5.77. The topological polar surface area (TPSA) is 43.0 Å². The van der Waals surface area contributed by atoms with Crippen LogP contribution >= 0.6 is 0 Å². The molecule has 3 rings (SSSR count). The maximum absolute atomic E-state index is 5.86. The number of nitrogens with one attached hydrogen (secondary N) is 1. The normalized spacial score (nSPS) is 12.8. The highest BCUT2D eigenvalue weighted by Gasteiger charge is 2.13. The van der Waals surface area contributed by atoms with Crippen molar-refractivity contribution in [1.82, 2.24) is 9.78 Å². The van der Waals surface area contributed by atoms with Crippen LogP contribution in [0.1, 0.15) is 24.4 Å². The molecule has 0 bridgehead atoms. The summed E-state index contributed by atoms with van der Waals surface area (Å²) in [4.78, 5) is 0. The van der Waals surface area contributed by atoms with Crippen molar-refractivity contribution in [2.45, 2.75) is 19.9 Å². The van der Waals surface area contributed by atoms with E-state index in [9.17, 15) is 0 Å². The van der Waals surface area contributed by atoms with Gasteiger partial charge in [-0.05, 0) is 26.0 Å². The van der Waals surface area contributed by atoms with Gasteiger partial charge >= 0.3 is 0 Å². The van der Waals surface area contributed by atoms with Crippen LogP contribution < -0.4 is 5.32 Å². The Kier molecular flexibility index (Phi) is 2.78. The molecular weight excluding hydrogens is 238 g/mol. The monoisotopic (exact) mass is 255 g/mol. The molecule has 4 heteroatoms. The lowest BCUT2D eigenvalue weighted by atomic mass is 10.2. The molecule has 98 valence electrons. The van der Waals surface area contributed by atoms with E-state index in [1.165, 1.54) is 0 Å². The Morgan fingerprint density at radius 1 is 1.32 bits per heavy atom. The van der Waals surface area contributed by atoms with Gasteiger partial charge < -0.3 is 9.73 Å². The number of benzene rings is 1. The second-order valence-corrected chi connectivity index (χ2v) is 4.85. The molecule has 4 nitrogen and oxygen atoms in total. The Bertz CT molecular complexity index is 678. The summed E-state index contributed by atoms with van der Waals surface area (Å²) in [5.41, 5.74) is 2.95. The van der Waals surface area contributed by atoms with Crippen LogP contribution in [0.3, 0.4) is 0 Å². The first-order valence-corrected chi connectivity index (χ1v) is 6.39. The van der Waals surface area contributed by atoms with Crippen molar-refractivity contribution in [1.29, 1.82) is 0 Å². The Labute approximate surface area is 112 Å². The molecule has 0 amide bonds. The number of para-hydroxylation sites is 1. The van der Waals surface area contributed by atoms with Gasteiger partial charge in [-0.3, -0.25) is 4.68 Å². The zero-order chi connectivity index (χ0) is 13.4. The number of aryl methyl sites for hydroxylation is 2. The van der Waals surface area contributed by atoms with Gasteiger partial charge in [0.25, 0.3) is 0 Å².